The highest BCUT2D eigenvalue weighted by Crippen LogP contribution is 2.37. The molecular formula is C35H23N3O2. The zero-order valence-electron chi connectivity index (χ0n) is 21.4. The molecular weight excluding hydrogens is 494 g/mol. The third kappa shape index (κ3) is 3.38. The number of aliphatic hydroxyl groups excluding tert-OH is 1. The van der Waals surface area contributed by atoms with Crippen molar-refractivity contribution in [3.05, 3.63) is 126 Å². The van der Waals surface area contributed by atoms with Gasteiger partial charge in [0.25, 0.3) is 0 Å². The topological polar surface area (TPSA) is 56.1 Å². The van der Waals surface area contributed by atoms with Gasteiger partial charge in [-0.1, -0.05) is 97.1 Å². The van der Waals surface area contributed by atoms with Crippen LogP contribution in [-0.4, -0.2) is 28.2 Å². The number of carbonyl (C=O) groups is 1. The van der Waals surface area contributed by atoms with Crippen molar-refractivity contribution < 1.29 is 9.90 Å². The SMILES string of the molecule is O=C1N2C=c3ccccc3=CC2=NC(O)N1c1cccc(-c2ccc3c4ccccc4c4ccccc4c3c2)c1. The number of hydrogen-bond donors (Lipinski definition) is 1. The van der Waals surface area contributed by atoms with Crippen LogP contribution >= 0.6 is 0 Å². The molecule has 2 heterocycles. The highest BCUT2D eigenvalue weighted by molar-refractivity contribution is 6.26. The molecule has 1 N–H and O–H groups in total. The van der Waals surface area contributed by atoms with Crippen LogP contribution in [0.5, 0.6) is 0 Å². The molecule has 5 heteroatoms. The predicted molar refractivity (Wildman–Crippen MR) is 162 cm³/mol. The fraction of sp³-hybridized carbons (Fsp3) is 0.0286. The van der Waals surface area contributed by atoms with Gasteiger partial charge in [-0.3, -0.25) is 4.90 Å². The summed E-state index contributed by atoms with van der Waals surface area (Å²) in [6.07, 6.45) is 2.28. The monoisotopic (exact) mass is 517 g/mol. The van der Waals surface area contributed by atoms with Gasteiger partial charge in [-0.15, -0.1) is 0 Å². The average Bonchev–Trinajstić information content (AvgIpc) is 3.00. The summed E-state index contributed by atoms with van der Waals surface area (Å²) in [7, 11) is 0. The number of hydrogen-bond acceptors (Lipinski definition) is 3. The Labute approximate surface area is 229 Å². The summed E-state index contributed by atoms with van der Waals surface area (Å²) in [6, 6.07) is 38.7. The minimum Gasteiger partial charge on any atom is -0.355 e. The van der Waals surface area contributed by atoms with Crippen LogP contribution in [0.3, 0.4) is 0 Å². The first-order chi connectivity index (χ1) is 19.7. The van der Waals surface area contributed by atoms with Gasteiger partial charge in [0.05, 0.1) is 5.69 Å². The van der Waals surface area contributed by atoms with Crippen LogP contribution in [0.15, 0.2) is 120 Å². The molecule has 2 amide bonds. The number of anilines is 1. The molecule has 1 unspecified atom stereocenters. The van der Waals surface area contributed by atoms with Crippen LogP contribution in [0.4, 0.5) is 10.5 Å². The van der Waals surface area contributed by atoms with Gasteiger partial charge in [0.2, 0.25) is 6.35 Å². The lowest BCUT2D eigenvalue weighted by molar-refractivity contribution is 0.163. The zero-order chi connectivity index (χ0) is 26.8. The fourth-order valence-electron chi connectivity index (χ4n) is 5.98. The van der Waals surface area contributed by atoms with E-state index in [0.717, 1.165) is 21.6 Å². The van der Waals surface area contributed by atoms with Crippen molar-refractivity contribution in [2.24, 2.45) is 4.99 Å². The second-order valence-electron chi connectivity index (χ2n) is 10.2. The van der Waals surface area contributed by atoms with Crippen LogP contribution in [0.25, 0.3) is 55.7 Å². The Morgan fingerprint density at radius 3 is 1.93 bits per heavy atom. The van der Waals surface area contributed by atoms with E-state index in [1.54, 1.807) is 6.20 Å². The molecule has 5 nitrogen and oxygen atoms in total. The average molecular weight is 518 g/mol. The molecule has 6 aromatic carbocycles. The van der Waals surface area contributed by atoms with Crippen LogP contribution in [0.1, 0.15) is 0 Å². The first-order valence-corrected chi connectivity index (χ1v) is 13.3. The van der Waals surface area contributed by atoms with E-state index < -0.39 is 6.35 Å². The van der Waals surface area contributed by atoms with Crippen LogP contribution in [0, 0.1) is 0 Å². The smallest absolute Gasteiger partial charge is 0.337 e. The molecule has 6 aromatic rings. The van der Waals surface area contributed by atoms with Crippen LogP contribution in [-0.2, 0) is 0 Å². The lowest BCUT2D eigenvalue weighted by atomic mass is 9.92. The molecule has 0 fully saturated rings. The summed E-state index contributed by atoms with van der Waals surface area (Å²) < 4.78 is 0. The number of amides is 2. The normalized spacial score (nSPS) is 16.4. The van der Waals surface area contributed by atoms with E-state index in [9.17, 15) is 9.90 Å². The lowest BCUT2D eigenvalue weighted by Crippen LogP contribution is -2.55. The van der Waals surface area contributed by atoms with E-state index in [1.165, 1.54) is 42.1 Å². The Morgan fingerprint density at radius 1 is 0.600 bits per heavy atom. The van der Waals surface area contributed by atoms with Crippen molar-refractivity contribution in [3.8, 4) is 11.1 Å². The second kappa shape index (κ2) is 8.63. The number of aliphatic hydroxyl groups is 1. The Morgan fingerprint density at radius 2 is 1.20 bits per heavy atom. The van der Waals surface area contributed by atoms with Crippen molar-refractivity contribution >= 4 is 62.1 Å². The third-order valence-corrected chi connectivity index (χ3v) is 7.89. The van der Waals surface area contributed by atoms with Gasteiger partial charge >= 0.3 is 6.03 Å². The quantitative estimate of drug-likeness (QED) is 0.288. The van der Waals surface area contributed by atoms with Crippen molar-refractivity contribution in [2.45, 2.75) is 6.35 Å². The molecule has 2 aliphatic rings. The Hall–Kier alpha value is -5.26. The number of carbonyl (C=O) groups excluding carboxylic acids is 1. The van der Waals surface area contributed by atoms with Crippen LogP contribution < -0.4 is 15.3 Å². The summed E-state index contributed by atoms with van der Waals surface area (Å²) in [4.78, 5) is 20.9. The van der Waals surface area contributed by atoms with Crippen molar-refractivity contribution in [1.82, 2.24) is 4.90 Å². The molecule has 0 bridgehead atoms. The van der Waals surface area contributed by atoms with E-state index in [2.05, 4.69) is 71.7 Å². The third-order valence-electron chi connectivity index (χ3n) is 7.89. The summed E-state index contributed by atoms with van der Waals surface area (Å²) in [6.45, 7) is 0. The number of aliphatic imine (C=N–C) groups is 1. The second-order valence-corrected chi connectivity index (χ2v) is 10.2. The van der Waals surface area contributed by atoms with Gasteiger partial charge in [0.1, 0.15) is 5.84 Å². The standard InChI is InChI=1S/C35H23N3O2/c39-34-36-33-20-23-8-1-2-9-25(23)21-37(33)35(40)38(34)26-11-7-10-22(18-26)24-16-17-31-29-14-4-3-12-27(29)28-13-5-6-15-30(28)32(31)19-24/h1-21,34,39H. The number of benzene rings is 6. The fourth-order valence-corrected chi connectivity index (χ4v) is 5.98. The molecule has 0 spiro atoms. The first-order valence-electron chi connectivity index (χ1n) is 13.3. The number of nitrogens with zero attached hydrogens (tertiary/aromatic N) is 3. The molecule has 0 radical (unpaired) electrons. The van der Waals surface area contributed by atoms with Gasteiger partial charge in [-0.2, -0.15) is 0 Å². The maximum atomic E-state index is 13.6. The Kier molecular flexibility index (Phi) is 4.90. The number of fused-ring (bicyclic) bond motifs is 8. The predicted octanol–water partition coefficient (Wildman–Crippen LogP) is 5.96. The van der Waals surface area contributed by atoms with E-state index in [0.29, 0.717) is 11.5 Å². The van der Waals surface area contributed by atoms with Gasteiger partial charge in [-0.05, 0) is 78.2 Å². The summed E-state index contributed by atoms with van der Waals surface area (Å²) in [5.74, 6) is 0.428. The Bertz CT molecular complexity index is 2150. The van der Waals surface area contributed by atoms with E-state index in [1.807, 2.05) is 54.6 Å². The van der Waals surface area contributed by atoms with E-state index in [4.69, 9.17) is 0 Å². The number of amidine groups is 1. The lowest BCUT2D eigenvalue weighted by Gasteiger charge is -2.36. The first kappa shape index (κ1) is 22.7. The van der Waals surface area contributed by atoms with Gasteiger partial charge in [0.15, 0.2) is 0 Å². The summed E-state index contributed by atoms with van der Waals surface area (Å²) in [5, 5.41) is 20.1. The molecule has 0 saturated carbocycles. The number of urea groups is 1. The largest absolute Gasteiger partial charge is 0.355 e. The minimum absolute atomic E-state index is 0.351. The Balaban J connectivity index is 1.24. The number of rotatable bonds is 2. The molecule has 190 valence electrons. The maximum absolute atomic E-state index is 13.6. The van der Waals surface area contributed by atoms with Crippen molar-refractivity contribution in [3.63, 3.8) is 0 Å². The molecule has 40 heavy (non-hydrogen) atoms. The molecule has 0 aromatic heterocycles. The van der Waals surface area contributed by atoms with Crippen molar-refractivity contribution in [1.29, 1.82) is 0 Å². The van der Waals surface area contributed by atoms with Crippen LogP contribution in [0.2, 0.25) is 0 Å². The minimum atomic E-state index is -1.32. The summed E-state index contributed by atoms with van der Waals surface area (Å²) in [5.41, 5.74) is 2.56. The van der Waals surface area contributed by atoms with Gasteiger partial charge in [0, 0.05) is 6.20 Å². The van der Waals surface area contributed by atoms with Gasteiger partial charge in [-0.25, -0.2) is 14.7 Å². The van der Waals surface area contributed by atoms with Crippen molar-refractivity contribution in [2.75, 3.05) is 4.90 Å². The molecule has 2 aliphatic heterocycles. The van der Waals surface area contributed by atoms with Gasteiger partial charge < -0.3 is 5.11 Å². The zero-order valence-corrected chi connectivity index (χ0v) is 21.4. The maximum Gasteiger partial charge on any atom is 0.337 e. The molecule has 1 atom stereocenters. The van der Waals surface area contributed by atoms with E-state index in [-0.39, 0.29) is 6.03 Å². The molecule has 0 aliphatic carbocycles. The highest BCUT2D eigenvalue weighted by Gasteiger charge is 2.35. The molecule has 8 rings (SSSR count). The molecule has 0 saturated heterocycles. The van der Waals surface area contributed by atoms with E-state index >= 15 is 0 Å². The summed E-state index contributed by atoms with van der Waals surface area (Å²) >= 11 is 0. The highest BCUT2D eigenvalue weighted by atomic mass is 16.3.